The number of ether oxygens (including phenoxy) is 2. The van der Waals surface area contributed by atoms with E-state index >= 15 is 0 Å². The fourth-order valence-corrected chi connectivity index (χ4v) is 1.94. The first kappa shape index (κ1) is 12.0. The standard InChI is InChI=1S/C13H14ClNO2/c1-8(2)17-13-10-4-5-11(14)12(16-3)9(10)6-7-15-13/h4-8H,1-3H3. The molecule has 0 radical (unpaired) electrons. The van der Waals surface area contributed by atoms with Gasteiger partial charge in [0.25, 0.3) is 0 Å². The lowest BCUT2D eigenvalue weighted by molar-refractivity contribution is 0.236. The Morgan fingerprint density at radius 3 is 2.59 bits per heavy atom. The van der Waals surface area contributed by atoms with Crippen LogP contribution in [0.1, 0.15) is 13.8 Å². The van der Waals surface area contributed by atoms with E-state index in [9.17, 15) is 0 Å². The molecule has 1 aromatic heterocycles. The van der Waals surface area contributed by atoms with E-state index in [1.807, 2.05) is 26.0 Å². The zero-order valence-electron chi connectivity index (χ0n) is 10.0. The molecule has 1 aromatic carbocycles. The van der Waals surface area contributed by atoms with E-state index in [1.54, 1.807) is 19.4 Å². The van der Waals surface area contributed by atoms with Crippen molar-refractivity contribution in [2.24, 2.45) is 0 Å². The number of fused-ring (bicyclic) bond motifs is 1. The fourth-order valence-electron chi connectivity index (χ4n) is 1.70. The second-order valence-electron chi connectivity index (χ2n) is 3.96. The number of methoxy groups -OCH3 is 1. The maximum absolute atomic E-state index is 6.08. The van der Waals surface area contributed by atoms with Crippen LogP contribution < -0.4 is 9.47 Å². The number of rotatable bonds is 3. The smallest absolute Gasteiger partial charge is 0.221 e. The first-order chi connectivity index (χ1) is 8.13. The number of nitrogens with zero attached hydrogens (tertiary/aromatic N) is 1. The lowest BCUT2D eigenvalue weighted by Crippen LogP contribution is -2.07. The van der Waals surface area contributed by atoms with Gasteiger partial charge in [0.1, 0.15) is 5.75 Å². The highest BCUT2D eigenvalue weighted by Gasteiger charge is 2.11. The van der Waals surface area contributed by atoms with Crippen LogP contribution in [0.4, 0.5) is 0 Å². The zero-order valence-corrected chi connectivity index (χ0v) is 10.8. The van der Waals surface area contributed by atoms with E-state index in [0.717, 1.165) is 10.8 Å². The number of hydrogen-bond donors (Lipinski definition) is 0. The van der Waals surface area contributed by atoms with Gasteiger partial charge >= 0.3 is 0 Å². The van der Waals surface area contributed by atoms with Gasteiger partial charge in [0.05, 0.1) is 18.2 Å². The van der Waals surface area contributed by atoms with E-state index in [2.05, 4.69) is 4.98 Å². The maximum atomic E-state index is 6.08. The molecule has 0 aliphatic carbocycles. The summed E-state index contributed by atoms with van der Waals surface area (Å²) in [7, 11) is 1.60. The molecule has 2 aromatic rings. The van der Waals surface area contributed by atoms with Gasteiger partial charge in [0.2, 0.25) is 5.88 Å². The molecule has 0 unspecified atom stereocenters. The van der Waals surface area contributed by atoms with Crippen LogP contribution in [0.5, 0.6) is 11.6 Å². The molecule has 0 atom stereocenters. The molecule has 90 valence electrons. The Bertz CT molecular complexity index is 540. The molecule has 0 fully saturated rings. The molecule has 0 N–H and O–H groups in total. The molecule has 0 aliphatic rings. The third-order valence-electron chi connectivity index (χ3n) is 2.36. The monoisotopic (exact) mass is 251 g/mol. The van der Waals surface area contributed by atoms with Gasteiger partial charge in [-0.1, -0.05) is 11.6 Å². The average Bonchev–Trinajstić information content (AvgIpc) is 2.28. The Morgan fingerprint density at radius 2 is 1.94 bits per heavy atom. The minimum atomic E-state index is 0.0785. The van der Waals surface area contributed by atoms with Crippen molar-refractivity contribution < 1.29 is 9.47 Å². The average molecular weight is 252 g/mol. The molecule has 2 rings (SSSR count). The maximum Gasteiger partial charge on any atom is 0.221 e. The van der Waals surface area contributed by atoms with Crippen molar-refractivity contribution >= 4 is 22.4 Å². The van der Waals surface area contributed by atoms with Gasteiger partial charge in [-0.05, 0) is 32.0 Å². The Balaban J connectivity index is 2.65. The Morgan fingerprint density at radius 1 is 1.18 bits per heavy atom. The lowest BCUT2D eigenvalue weighted by Gasteiger charge is -2.13. The summed E-state index contributed by atoms with van der Waals surface area (Å²) in [6, 6.07) is 5.55. The topological polar surface area (TPSA) is 31.4 Å². The number of halogens is 1. The second kappa shape index (κ2) is 4.80. The SMILES string of the molecule is COc1c(Cl)ccc2c(OC(C)C)nccc12. The second-order valence-corrected chi connectivity index (χ2v) is 4.37. The molecule has 1 heterocycles. The van der Waals surface area contributed by atoms with Crippen molar-refractivity contribution in [1.82, 2.24) is 4.98 Å². The highest BCUT2D eigenvalue weighted by Crippen LogP contribution is 2.36. The van der Waals surface area contributed by atoms with Crippen LogP contribution in [-0.4, -0.2) is 18.2 Å². The van der Waals surface area contributed by atoms with Crippen molar-refractivity contribution in [2.75, 3.05) is 7.11 Å². The van der Waals surface area contributed by atoms with Gasteiger partial charge in [-0.25, -0.2) is 4.98 Å². The van der Waals surface area contributed by atoms with Gasteiger partial charge in [0, 0.05) is 17.0 Å². The molecule has 0 saturated carbocycles. The van der Waals surface area contributed by atoms with Crippen molar-refractivity contribution in [1.29, 1.82) is 0 Å². The van der Waals surface area contributed by atoms with Gasteiger partial charge < -0.3 is 9.47 Å². The van der Waals surface area contributed by atoms with E-state index in [1.165, 1.54) is 0 Å². The molecule has 17 heavy (non-hydrogen) atoms. The van der Waals surface area contributed by atoms with Crippen LogP contribution in [-0.2, 0) is 0 Å². The van der Waals surface area contributed by atoms with Gasteiger partial charge in [-0.15, -0.1) is 0 Å². The van der Waals surface area contributed by atoms with E-state index in [4.69, 9.17) is 21.1 Å². The van der Waals surface area contributed by atoms with Crippen LogP contribution in [0.15, 0.2) is 24.4 Å². The summed E-state index contributed by atoms with van der Waals surface area (Å²) < 4.78 is 11.0. The summed E-state index contributed by atoms with van der Waals surface area (Å²) >= 11 is 6.08. The molecule has 0 saturated heterocycles. The van der Waals surface area contributed by atoms with Crippen molar-refractivity contribution in [3.63, 3.8) is 0 Å². The predicted molar refractivity (Wildman–Crippen MR) is 69.1 cm³/mol. The van der Waals surface area contributed by atoms with Gasteiger partial charge in [-0.2, -0.15) is 0 Å². The van der Waals surface area contributed by atoms with Crippen molar-refractivity contribution in [2.45, 2.75) is 20.0 Å². The fraction of sp³-hybridized carbons (Fsp3) is 0.308. The third kappa shape index (κ3) is 2.29. The van der Waals surface area contributed by atoms with Gasteiger partial charge in [0.15, 0.2) is 0 Å². The van der Waals surface area contributed by atoms with Crippen LogP contribution in [0, 0.1) is 0 Å². The Labute approximate surface area is 105 Å². The largest absolute Gasteiger partial charge is 0.495 e. The summed E-state index contributed by atoms with van der Waals surface area (Å²) in [4.78, 5) is 4.23. The number of benzene rings is 1. The van der Waals surface area contributed by atoms with Gasteiger partial charge in [-0.3, -0.25) is 0 Å². The summed E-state index contributed by atoms with van der Waals surface area (Å²) in [5.74, 6) is 1.26. The number of aromatic nitrogens is 1. The highest BCUT2D eigenvalue weighted by molar-refractivity contribution is 6.33. The molecular formula is C13H14ClNO2. The van der Waals surface area contributed by atoms with Crippen LogP contribution >= 0.6 is 11.6 Å². The first-order valence-electron chi connectivity index (χ1n) is 5.41. The summed E-state index contributed by atoms with van der Waals surface area (Å²) in [6.07, 6.45) is 1.77. The molecule has 0 amide bonds. The molecule has 3 nitrogen and oxygen atoms in total. The summed E-state index contributed by atoms with van der Waals surface area (Å²) in [5, 5.41) is 2.40. The third-order valence-corrected chi connectivity index (χ3v) is 2.66. The minimum absolute atomic E-state index is 0.0785. The summed E-state index contributed by atoms with van der Waals surface area (Å²) in [6.45, 7) is 3.93. The normalized spacial score (nSPS) is 10.9. The predicted octanol–water partition coefficient (Wildman–Crippen LogP) is 3.68. The Hall–Kier alpha value is -1.48. The molecule has 0 spiro atoms. The lowest BCUT2D eigenvalue weighted by atomic mass is 10.1. The van der Waals surface area contributed by atoms with Crippen LogP contribution in [0.3, 0.4) is 0 Å². The first-order valence-corrected chi connectivity index (χ1v) is 5.79. The summed E-state index contributed by atoms with van der Waals surface area (Å²) in [5.41, 5.74) is 0. The van der Waals surface area contributed by atoms with E-state index in [0.29, 0.717) is 16.7 Å². The quantitative estimate of drug-likeness (QED) is 0.834. The van der Waals surface area contributed by atoms with Crippen molar-refractivity contribution in [3.05, 3.63) is 29.4 Å². The Kier molecular flexibility index (Phi) is 3.38. The van der Waals surface area contributed by atoms with Crippen LogP contribution in [0.2, 0.25) is 5.02 Å². The molecular weight excluding hydrogens is 238 g/mol. The number of pyridine rings is 1. The molecule has 4 heteroatoms. The van der Waals surface area contributed by atoms with E-state index in [-0.39, 0.29) is 6.10 Å². The van der Waals surface area contributed by atoms with E-state index < -0.39 is 0 Å². The number of hydrogen-bond acceptors (Lipinski definition) is 3. The zero-order chi connectivity index (χ0) is 12.4. The molecule has 0 aliphatic heterocycles. The van der Waals surface area contributed by atoms with Crippen LogP contribution in [0.25, 0.3) is 10.8 Å². The van der Waals surface area contributed by atoms with Crippen molar-refractivity contribution in [3.8, 4) is 11.6 Å². The minimum Gasteiger partial charge on any atom is -0.495 e. The highest BCUT2D eigenvalue weighted by atomic mass is 35.5. The molecule has 0 bridgehead atoms.